The quantitative estimate of drug-likeness (QED) is 0.615. The first kappa shape index (κ1) is 18.6. The molecule has 3 rings (SSSR count). The third-order valence-corrected chi connectivity index (χ3v) is 4.66. The third kappa shape index (κ3) is 4.34. The van der Waals surface area contributed by atoms with Crippen molar-refractivity contribution in [3.63, 3.8) is 0 Å². The maximum atomic E-state index is 12.3. The molecule has 0 bridgehead atoms. The molecule has 3 aromatic rings. The molecule has 0 fully saturated rings. The first-order valence-electron chi connectivity index (χ1n) is 7.93. The van der Waals surface area contributed by atoms with Crippen molar-refractivity contribution in [3.05, 3.63) is 36.8 Å². The lowest BCUT2D eigenvalue weighted by atomic mass is 10.2. The Hall–Kier alpha value is -3.14. The number of amides is 1. The number of hydrogen-bond donors (Lipinski definition) is 1. The molecule has 0 saturated carbocycles. The maximum absolute atomic E-state index is 12.3. The van der Waals surface area contributed by atoms with Crippen LogP contribution >= 0.6 is 11.8 Å². The Labute approximate surface area is 160 Å². The molecule has 0 aliphatic rings. The molecule has 27 heavy (non-hydrogen) atoms. The second-order valence-corrected chi connectivity index (χ2v) is 6.30. The van der Waals surface area contributed by atoms with Crippen molar-refractivity contribution >= 4 is 23.4 Å². The van der Waals surface area contributed by atoms with Gasteiger partial charge in [-0.2, -0.15) is 0 Å². The molecule has 0 unspecified atom stereocenters. The highest BCUT2D eigenvalue weighted by molar-refractivity contribution is 7.99. The van der Waals surface area contributed by atoms with E-state index in [0.717, 1.165) is 0 Å². The highest BCUT2D eigenvalue weighted by Crippen LogP contribution is 2.29. The molecule has 140 valence electrons. The zero-order valence-electron chi connectivity index (χ0n) is 15.0. The molecule has 0 aliphatic heterocycles. The lowest BCUT2D eigenvalue weighted by Gasteiger charge is -2.11. The van der Waals surface area contributed by atoms with Gasteiger partial charge in [0.1, 0.15) is 17.2 Å². The summed E-state index contributed by atoms with van der Waals surface area (Å²) in [5.41, 5.74) is 1.19. The highest BCUT2D eigenvalue weighted by atomic mass is 32.2. The summed E-state index contributed by atoms with van der Waals surface area (Å²) in [4.78, 5) is 20.5. The summed E-state index contributed by atoms with van der Waals surface area (Å²) in [6.07, 6.45) is 4.79. The summed E-state index contributed by atoms with van der Waals surface area (Å²) in [5.74, 6) is 1.74. The number of carbonyl (C=O) groups excluding carboxylic acids is 1. The minimum absolute atomic E-state index is 0.168. The maximum Gasteiger partial charge on any atom is 0.234 e. The molecular formula is C17H18N6O3S. The van der Waals surface area contributed by atoms with Gasteiger partial charge in [-0.1, -0.05) is 11.8 Å². The Kier molecular flexibility index (Phi) is 5.87. The molecule has 10 heteroatoms. The standard InChI is InChI=1S/C17H18N6O3S/c1-23-16(13-9-18-6-7-19-13)21-22-17(23)27-10-15(24)20-12-5-4-11(25-2)8-14(12)26-3/h4-9H,10H2,1-3H3,(H,20,24). The number of methoxy groups -OCH3 is 2. The van der Waals surface area contributed by atoms with Gasteiger partial charge in [0.15, 0.2) is 11.0 Å². The van der Waals surface area contributed by atoms with Gasteiger partial charge in [0, 0.05) is 25.5 Å². The molecule has 0 aliphatic carbocycles. The predicted octanol–water partition coefficient (Wildman–Crippen LogP) is 2.02. The van der Waals surface area contributed by atoms with Crippen LogP contribution in [0.4, 0.5) is 5.69 Å². The summed E-state index contributed by atoms with van der Waals surface area (Å²) in [6, 6.07) is 5.19. The van der Waals surface area contributed by atoms with Crippen LogP contribution in [0.2, 0.25) is 0 Å². The number of hydrogen-bond acceptors (Lipinski definition) is 8. The van der Waals surface area contributed by atoms with Crippen molar-refractivity contribution in [1.29, 1.82) is 0 Å². The lowest BCUT2D eigenvalue weighted by Crippen LogP contribution is -2.15. The summed E-state index contributed by atoms with van der Waals surface area (Å²) in [7, 11) is 4.92. The van der Waals surface area contributed by atoms with Crippen LogP contribution in [0, 0.1) is 0 Å². The number of nitrogens with one attached hydrogen (secondary N) is 1. The topological polar surface area (TPSA) is 104 Å². The molecule has 1 amide bonds. The van der Waals surface area contributed by atoms with Gasteiger partial charge in [-0.05, 0) is 12.1 Å². The number of thioether (sulfide) groups is 1. The average molecular weight is 386 g/mol. The Morgan fingerprint density at radius 3 is 2.78 bits per heavy atom. The zero-order chi connectivity index (χ0) is 19.2. The van der Waals surface area contributed by atoms with Gasteiger partial charge in [-0.15, -0.1) is 10.2 Å². The first-order chi connectivity index (χ1) is 13.1. The van der Waals surface area contributed by atoms with Gasteiger partial charge in [-0.25, -0.2) is 4.98 Å². The van der Waals surface area contributed by atoms with Crippen LogP contribution < -0.4 is 14.8 Å². The minimum Gasteiger partial charge on any atom is -0.497 e. The van der Waals surface area contributed by atoms with Crippen molar-refractivity contribution in [3.8, 4) is 23.0 Å². The minimum atomic E-state index is -0.187. The van der Waals surface area contributed by atoms with Crippen LogP contribution in [-0.4, -0.2) is 50.6 Å². The number of ether oxygens (including phenoxy) is 2. The van der Waals surface area contributed by atoms with Crippen molar-refractivity contribution in [2.75, 3.05) is 25.3 Å². The second-order valence-electron chi connectivity index (χ2n) is 5.36. The summed E-state index contributed by atoms with van der Waals surface area (Å²) in [5, 5.41) is 11.7. The SMILES string of the molecule is COc1ccc(NC(=O)CSc2nnc(-c3cnccn3)n2C)c(OC)c1. The van der Waals surface area contributed by atoms with Crippen molar-refractivity contribution in [1.82, 2.24) is 24.7 Å². The Morgan fingerprint density at radius 2 is 2.07 bits per heavy atom. The fourth-order valence-electron chi connectivity index (χ4n) is 2.30. The number of rotatable bonds is 7. The van der Waals surface area contributed by atoms with E-state index in [1.54, 1.807) is 48.5 Å². The molecular weight excluding hydrogens is 368 g/mol. The molecule has 0 radical (unpaired) electrons. The van der Waals surface area contributed by atoms with Crippen LogP contribution in [-0.2, 0) is 11.8 Å². The molecule has 1 N–H and O–H groups in total. The normalized spacial score (nSPS) is 10.5. The second kappa shape index (κ2) is 8.49. The largest absolute Gasteiger partial charge is 0.497 e. The van der Waals surface area contributed by atoms with E-state index in [-0.39, 0.29) is 11.7 Å². The van der Waals surface area contributed by atoms with Crippen LogP contribution in [0.3, 0.4) is 0 Å². The summed E-state index contributed by atoms with van der Waals surface area (Å²) >= 11 is 1.27. The predicted molar refractivity (Wildman–Crippen MR) is 101 cm³/mol. The molecule has 9 nitrogen and oxygen atoms in total. The van der Waals surface area contributed by atoms with Crippen LogP contribution in [0.15, 0.2) is 41.9 Å². The number of carbonyl (C=O) groups is 1. The van der Waals surface area contributed by atoms with Gasteiger partial charge in [0.05, 0.1) is 31.9 Å². The fraction of sp³-hybridized carbons (Fsp3) is 0.235. The van der Waals surface area contributed by atoms with E-state index in [1.165, 1.54) is 18.9 Å². The monoisotopic (exact) mass is 386 g/mol. The van der Waals surface area contributed by atoms with E-state index < -0.39 is 0 Å². The van der Waals surface area contributed by atoms with E-state index in [9.17, 15) is 4.79 Å². The number of anilines is 1. The van der Waals surface area contributed by atoms with Gasteiger partial charge in [0.25, 0.3) is 0 Å². The number of nitrogens with zero attached hydrogens (tertiary/aromatic N) is 5. The van der Waals surface area contributed by atoms with Gasteiger partial charge in [-0.3, -0.25) is 9.78 Å². The van der Waals surface area contributed by atoms with Crippen molar-refractivity contribution in [2.45, 2.75) is 5.16 Å². The van der Waals surface area contributed by atoms with Gasteiger partial charge < -0.3 is 19.4 Å². The van der Waals surface area contributed by atoms with E-state index in [0.29, 0.717) is 33.9 Å². The number of aromatic nitrogens is 5. The zero-order valence-corrected chi connectivity index (χ0v) is 15.9. The van der Waals surface area contributed by atoms with Crippen LogP contribution in [0.1, 0.15) is 0 Å². The molecule has 0 spiro atoms. The van der Waals surface area contributed by atoms with E-state index >= 15 is 0 Å². The highest BCUT2D eigenvalue weighted by Gasteiger charge is 2.15. The fourth-order valence-corrected chi connectivity index (χ4v) is 3.01. The van der Waals surface area contributed by atoms with Crippen LogP contribution in [0.5, 0.6) is 11.5 Å². The lowest BCUT2D eigenvalue weighted by molar-refractivity contribution is -0.113. The molecule has 2 aromatic heterocycles. The van der Waals surface area contributed by atoms with Crippen molar-refractivity contribution in [2.24, 2.45) is 7.05 Å². The smallest absolute Gasteiger partial charge is 0.234 e. The molecule has 2 heterocycles. The van der Waals surface area contributed by atoms with Crippen LogP contribution in [0.25, 0.3) is 11.5 Å². The van der Waals surface area contributed by atoms with Gasteiger partial charge in [0.2, 0.25) is 5.91 Å². The molecule has 1 aromatic carbocycles. The van der Waals surface area contributed by atoms with E-state index in [4.69, 9.17) is 9.47 Å². The number of benzene rings is 1. The summed E-state index contributed by atoms with van der Waals surface area (Å²) < 4.78 is 12.2. The first-order valence-corrected chi connectivity index (χ1v) is 8.91. The Balaban J connectivity index is 1.64. The van der Waals surface area contributed by atoms with Crippen molar-refractivity contribution < 1.29 is 14.3 Å². The Morgan fingerprint density at radius 1 is 1.22 bits per heavy atom. The average Bonchev–Trinajstić information content (AvgIpc) is 3.07. The Bertz CT molecular complexity index is 932. The van der Waals surface area contributed by atoms with E-state index in [2.05, 4.69) is 25.5 Å². The third-order valence-electron chi connectivity index (χ3n) is 3.64. The molecule has 0 saturated heterocycles. The van der Waals surface area contributed by atoms with Gasteiger partial charge >= 0.3 is 0 Å². The summed E-state index contributed by atoms with van der Waals surface area (Å²) in [6.45, 7) is 0. The molecule has 0 atom stereocenters. The van der Waals surface area contributed by atoms with E-state index in [1.807, 2.05) is 7.05 Å².